The first kappa shape index (κ1) is 19.5. The van der Waals surface area contributed by atoms with Crippen LogP contribution in [0.5, 0.6) is 0 Å². The van der Waals surface area contributed by atoms with Gasteiger partial charge in [0.1, 0.15) is 5.02 Å². The SMILES string of the molecule is Cc1ccc(C)c(NC(=S)NNC(=O)c2nc(Cl)c(Cl)c(N)c2Cl)c1. The maximum absolute atomic E-state index is 12.2. The monoisotopic (exact) mass is 417 g/mol. The lowest BCUT2D eigenvalue weighted by Crippen LogP contribution is -2.44. The fourth-order valence-electron chi connectivity index (χ4n) is 1.88. The van der Waals surface area contributed by atoms with Gasteiger partial charge in [0, 0.05) is 5.69 Å². The Morgan fingerprint density at radius 1 is 1.16 bits per heavy atom. The average Bonchev–Trinajstić information content (AvgIpc) is 2.57. The van der Waals surface area contributed by atoms with Gasteiger partial charge >= 0.3 is 0 Å². The fraction of sp³-hybridized carbons (Fsp3) is 0.133. The molecule has 1 aromatic carbocycles. The summed E-state index contributed by atoms with van der Waals surface area (Å²) < 4.78 is 0. The van der Waals surface area contributed by atoms with Crippen LogP contribution >= 0.6 is 47.0 Å². The van der Waals surface area contributed by atoms with Crippen molar-refractivity contribution in [3.63, 3.8) is 0 Å². The number of aryl methyl sites for hydroxylation is 2. The molecular formula is C15H14Cl3N5OS. The van der Waals surface area contributed by atoms with Crippen molar-refractivity contribution in [1.82, 2.24) is 15.8 Å². The molecule has 25 heavy (non-hydrogen) atoms. The van der Waals surface area contributed by atoms with Crippen molar-refractivity contribution in [3.05, 3.63) is 50.2 Å². The zero-order valence-corrected chi connectivity index (χ0v) is 16.3. The van der Waals surface area contributed by atoms with Crippen LogP contribution in [0.25, 0.3) is 0 Å². The van der Waals surface area contributed by atoms with Crippen LogP contribution in [0.2, 0.25) is 15.2 Å². The zero-order valence-electron chi connectivity index (χ0n) is 13.2. The second-order valence-corrected chi connectivity index (χ2v) is 6.67. The standard InChI is InChI=1S/C15H14Cl3N5OS/c1-6-3-4-7(2)8(5-6)20-15(25)23-22-14(24)12-9(16)11(19)10(17)13(18)21-12/h3-5H,1-2H3,(H2,19,21)(H,22,24)(H2,20,23,25). The number of benzene rings is 1. The number of hydrogen-bond donors (Lipinski definition) is 4. The lowest BCUT2D eigenvalue weighted by molar-refractivity contribution is 0.0939. The van der Waals surface area contributed by atoms with E-state index in [4.69, 9.17) is 52.8 Å². The maximum Gasteiger partial charge on any atom is 0.289 e. The highest BCUT2D eigenvalue weighted by atomic mass is 35.5. The summed E-state index contributed by atoms with van der Waals surface area (Å²) in [5.41, 5.74) is 13.3. The number of aromatic nitrogens is 1. The third-order valence-corrected chi connectivity index (χ3v) is 4.56. The number of carbonyl (C=O) groups is 1. The van der Waals surface area contributed by atoms with Gasteiger partial charge in [-0.2, -0.15) is 0 Å². The molecule has 1 heterocycles. The molecule has 0 aliphatic carbocycles. The van der Waals surface area contributed by atoms with Crippen molar-refractivity contribution in [2.24, 2.45) is 0 Å². The number of hydrazine groups is 1. The van der Waals surface area contributed by atoms with Gasteiger partial charge < -0.3 is 11.1 Å². The van der Waals surface area contributed by atoms with Crippen LogP contribution in [0, 0.1) is 13.8 Å². The van der Waals surface area contributed by atoms with Crippen LogP contribution in [-0.4, -0.2) is 16.0 Å². The zero-order chi connectivity index (χ0) is 18.7. The highest BCUT2D eigenvalue weighted by Gasteiger charge is 2.19. The maximum atomic E-state index is 12.2. The molecule has 0 fully saturated rings. The Bertz CT molecular complexity index is 860. The van der Waals surface area contributed by atoms with Gasteiger partial charge in [-0.25, -0.2) is 4.98 Å². The van der Waals surface area contributed by atoms with E-state index in [9.17, 15) is 4.79 Å². The summed E-state index contributed by atoms with van der Waals surface area (Å²) in [6, 6.07) is 5.88. The molecule has 0 atom stereocenters. The van der Waals surface area contributed by atoms with Crippen molar-refractivity contribution in [3.8, 4) is 0 Å². The Morgan fingerprint density at radius 3 is 2.52 bits per heavy atom. The van der Waals surface area contributed by atoms with Gasteiger partial charge in [-0.15, -0.1) is 0 Å². The Kier molecular flexibility index (Phi) is 6.29. The van der Waals surface area contributed by atoms with Crippen LogP contribution < -0.4 is 21.9 Å². The van der Waals surface area contributed by atoms with E-state index in [2.05, 4.69) is 21.2 Å². The van der Waals surface area contributed by atoms with Crippen molar-refractivity contribution < 1.29 is 4.79 Å². The van der Waals surface area contributed by atoms with E-state index < -0.39 is 5.91 Å². The molecular weight excluding hydrogens is 405 g/mol. The number of anilines is 2. The van der Waals surface area contributed by atoms with E-state index in [0.29, 0.717) is 0 Å². The highest BCUT2D eigenvalue weighted by molar-refractivity contribution is 7.80. The van der Waals surface area contributed by atoms with Gasteiger partial charge in [-0.05, 0) is 43.3 Å². The minimum Gasteiger partial charge on any atom is -0.396 e. The first-order valence-corrected chi connectivity index (χ1v) is 8.49. The lowest BCUT2D eigenvalue weighted by Gasteiger charge is -2.14. The first-order chi connectivity index (χ1) is 11.7. The fourth-order valence-corrected chi connectivity index (χ4v) is 2.63. The normalized spacial score (nSPS) is 10.3. The topological polar surface area (TPSA) is 92.1 Å². The largest absolute Gasteiger partial charge is 0.396 e. The Hall–Kier alpha value is -1.80. The Labute approximate surface area is 165 Å². The average molecular weight is 419 g/mol. The molecule has 0 spiro atoms. The first-order valence-electron chi connectivity index (χ1n) is 6.95. The molecule has 10 heteroatoms. The molecule has 6 nitrogen and oxygen atoms in total. The molecule has 1 amide bonds. The van der Waals surface area contributed by atoms with E-state index in [0.717, 1.165) is 16.8 Å². The quantitative estimate of drug-likeness (QED) is 0.336. The third kappa shape index (κ3) is 4.64. The number of pyridine rings is 1. The summed E-state index contributed by atoms with van der Waals surface area (Å²) in [6.07, 6.45) is 0. The third-order valence-electron chi connectivity index (χ3n) is 3.22. The molecule has 132 valence electrons. The molecule has 0 aliphatic rings. The number of rotatable bonds is 2. The summed E-state index contributed by atoms with van der Waals surface area (Å²) >= 11 is 22.8. The van der Waals surface area contributed by atoms with Crippen LogP contribution in [-0.2, 0) is 0 Å². The Morgan fingerprint density at radius 2 is 1.84 bits per heavy atom. The predicted molar refractivity (Wildman–Crippen MR) is 106 cm³/mol. The van der Waals surface area contributed by atoms with Crippen LogP contribution in [0.1, 0.15) is 21.6 Å². The van der Waals surface area contributed by atoms with Crippen molar-refractivity contribution in [2.75, 3.05) is 11.1 Å². The van der Waals surface area contributed by atoms with Crippen molar-refractivity contribution in [2.45, 2.75) is 13.8 Å². The van der Waals surface area contributed by atoms with Gasteiger partial charge in [0.2, 0.25) is 0 Å². The molecule has 2 aromatic rings. The molecule has 0 saturated heterocycles. The number of carbonyl (C=O) groups excluding carboxylic acids is 1. The molecule has 0 unspecified atom stereocenters. The van der Waals surface area contributed by atoms with Crippen LogP contribution in [0.15, 0.2) is 18.2 Å². The number of halogens is 3. The Balaban J connectivity index is 2.05. The van der Waals surface area contributed by atoms with Crippen LogP contribution in [0.4, 0.5) is 11.4 Å². The van der Waals surface area contributed by atoms with Gasteiger partial charge in [-0.1, -0.05) is 46.9 Å². The van der Waals surface area contributed by atoms with E-state index in [1.807, 2.05) is 32.0 Å². The number of hydrogen-bond acceptors (Lipinski definition) is 4. The summed E-state index contributed by atoms with van der Waals surface area (Å²) in [5.74, 6) is -0.666. The summed E-state index contributed by atoms with van der Waals surface area (Å²) in [5, 5.41) is 2.94. The smallest absolute Gasteiger partial charge is 0.289 e. The van der Waals surface area contributed by atoms with E-state index in [-0.39, 0.29) is 31.7 Å². The molecule has 0 bridgehead atoms. The summed E-state index contributed by atoms with van der Waals surface area (Å²) in [6.45, 7) is 3.90. The summed E-state index contributed by atoms with van der Waals surface area (Å²) in [4.78, 5) is 16.0. The van der Waals surface area contributed by atoms with Crippen molar-refractivity contribution >= 4 is 69.4 Å². The predicted octanol–water partition coefficient (Wildman–Crippen LogP) is 3.87. The molecule has 0 aliphatic heterocycles. The molecule has 0 saturated carbocycles. The van der Waals surface area contributed by atoms with Gasteiger partial charge in [0.25, 0.3) is 5.91 Å². The molecule has 0 radical (unpaired) electrons. The number of nitrogens with two attached hydrogens (primary N) is 1. The minimum absolute atomic E-state index is 0.0108. The number of amides is 1. The number of nitrogen functional groups attached to an aromatic ring is 1. The van der Waals surface area contributed by atoms with E-state index in [1.54, 1.807) is 0 Å². The second-order valence-electron chi connectivity index (χ2n) is 5.14. The van der Waals surface area contributed by atoms with Gasteiger partial charge in [0.15, 0.2) is 16.0 Å². The molecule has 5 N–H and O–H groups in total. The molecule has 1 aromatic heterocycles. The summed E-state index contributed by atoms with van der Waals surface area (Å²) in [7, 11) is 0. The highest BCUT2D eigenvalue weighted by Crippen LogP contribution is 2.34. The number of nitrogens with zero attached hydrogens (tertiary/aromatic N) is 1. The van der Waals surface area contributed by atoms with Gasteiger partial charge in [0.05, 0.1) is 10.7 Å². The van der Waals surface area contributed by atoms with Crippen LogP contribution in [0.3, 0.4) is 0 Å². The van der Waals surface area contributed by atoms with Crippen molar-refractivity contribution in [1.29, 1.82) is 0 Å². The van der Waals surface area contributed by atoms with Gasteiger partial charge in [-0.3, -0.25) is 15.6 Å². The second kappa shape index (κ2) is 8.05. The molecule has 2 rings (SSSR count). The minimum atomic E-state index is -0.666. The number of thiocarbonyl (C=S) groups is 1. The van der Waals surface area contributed by atoms with E-state index >= 15 is 0 Å². The van der Waals surface area contributed by atoms with E-state index in [1.165, 1.54) is 0 Å². The lowest BCUT2D eigenvalue weighted by atomic mass is 10.1. The number of nitrogens with one attached hydrogen (secondary N) is 3.